The Kier molecular flexibility index (Phi) is 7.30. The van der Waals surface area contributed by atoms with Gasteiger partial charge in [0.2, 0.25) is 0 Å². The summed E-state index contributed by atoms with van der Waals surface area (Å²) in [5.74, 6) is 0. The van der Waals surface area contributed by atoms with Gasteiger partial charge < -0.3 is 20.1 Å². The molecule has 2 atom stereocenters. The van der Waals surface area contributed by atoms with Gasteiger partial charge in [0.1, 0.15) is 5.60 Å². The molecule has 5 heteroatoms. The molecule has 0 unspecified atom stereocenters. The van der Waals surface area contributed by atoms with Crippen LogP contribution >= 0.6 is 0 Å². The van der Waals surface area contributed by atoms with Gasteiger partial charge in [-0.1, -0.05) is 12.8 Å². The summed E-state index contributed by atoms with van der Waals surface area (Å²) in [4.78, 5) is 11.4. The lowest BCUT2D eigenvalue weighted by Crippen LogP contribution is -2.43. The molecule has 118 valence electrons. The van der Waals surface area contributed by atoms with Crippen LogP contribution in [0.25, 0.3) is 0 Å². The monoisotopic (exact) mass is 286 g/mol. The van der Waals surface area contributed by atoms with Crippen molar-refractivity contribution in [2.24, 2.45) is 0 Å². The molecule has 1 rings (SSSR count). The van der Waals surface area contributed by atoms with Gasteiger partial charge >= 0.3 is 6.09 Å². The first-order valence-corrected chi connectivity index (χ1v) is 7.70. The molecule has 0 aromatic rings. The molecule has 1 fully saturated rings. The number of morpholine rings is 1. The maximum absolute atomic E-state index is 11.4. The standard InChI is InChI=1S/C15H30N2O3/c1-12-10-16-11-13(19-12)8-6-5-7-9-17-14(18)20-15(2,3)4/h12-13,16H,5-11H2,1-4H3,(H,17,18)/t12-,13+/m0/s1. The van der Waals surface area contributed by atoms with Crippen molar-refractivity contribution in [2.45, 2.75) is 71.2 Å². The summed E-state index contributed by atoms with van der Waals surface area (Å²) in [5, 5.41) is 6.15. The number of hydrogen-bond donors (Lipinski definition) is 2. The van der Waals surface area contributed by atoms with E-state index in [2.05, 4.69) is 17.6 Å². The van der Waals surface area contributed by atoms with Crippen LogP contribution < -0.4 is 10.6 Å². The van der Waals surface area contributed by atoms with Crippen LogP contribution in [0.2, 0.25) is 0 Å². The number of unbranched alkanes of at least 4 members (excludes halogenated alkanes) is 2. The van der Waals surface area contributed by atoms with Crippen molar-refractivity contribution in [1.29, 1.82) is 0 Å². The smallest absolute Gasteiger partial charge is 0.407 e. The molecular formula is C15H30N2O3. The zero-order chi connectivity index (χ0) is 15.0. The molecule has 0 aliphatic carbocycles. The second kappa shape index (κ2) is 8.47. The lowest BCUT2D eigenvalue weighted by molar-refractivity contribution is -0.0317. The van der Waals surface area contributed by atoms with E-state index in [1.54, 1.807) is 0 Å². The van der Waals surface area contributed by atoms with Gasteiger partial charge in [0.05, 0.1) is 12.2 Å². The Hall–Kier alpha value is -0.810. The summed E-state index contributed by atoms with van der Waals surface area (Å²) in [5.41, 5.74) is -0.425. The van der Waals surface area contributed by atoms with Crippen LogP contribution in [-0.4, -0.2) is 43.5 Å². The van der Waals surface area contributed by atoms with Crippen molar-refractivity contribution < 1.29 is 14.3 Å². The van der Waals surface area contributed by atoms with Gasteiger partial charge in [0.25, 0.3) is 0 Å². The molecule has 1 amide bonds. The molecule has 20 heavy (non-hydrogen) atoms. The Morgan fingerprint density at radius 2 is 2.05 bits per heavy atom. The summed E-state index contributed by atoms with van der Waals surface area (Å²) < 4.78 is 11.0. The topological polar surface area (TPSA) is 59.6 Å². The van der Waals surface area contributed by atoms with Crippen molar-refractivity contribution in [1.82, 2.24) is 10.6 Å². The number of carbonyl (C=O) groups is 1. The predicted molar refractivity (Wildman–Crippen MR) is 79.9 cm³/mol. The molecule has 0 aromatic carbocycles. The molecule has 1 saturated heterocycles. The summed E-state index contributed by atoms with van der Waals surface area (Å²) in [6.07, 6.45) is 4.64. The van der Waals surface area contributed by atoms with Crippen LogP contribution in [-0.2, 0) is 9.47 Å². The Morgan fingerprint density at radius 1 is 1.30 bits per heavy atom. The summed E-state index contributed by atoms with van der Waals surface area (Å²) >= 11 is 0. The molecule has 1 heterocycles. The zero-order valence-electron chi connectivity index (χ0n) is 13.3. The SMILES string of the molecule is C[C@H]1CNC[C@@H](CCCCCNC(=O)OC(C)(C)C)O1. The third-order valence-corrected chi connectivity index (χ3v) is 3.10. The largest absolute Gasteiger partial charge is 0.444 e. The first-order chi connectivity index (χ1) is 9.37. The number of alkyl carbamates (subject to hydrolysis) is 1. The fraction of sp³-hybridized carbons (Fsp3) is 0.933. The molecule has 1 aliphatic rings. The maximum atomic E-state index is 11.4. The highest BCUT2D eigenvalue weighted by Gasteiger charge is 2.18. The fourth-order valence-electron chi connectivity index (χ4n) is 2.22. The summed E-state index contributed by atoms with van der Waals surface area (Å²) in [6.45, 7) is 10.3. The van der Waals surface area contributed by atoms with E-state index in [9.17, 15) is 4.79 Å². The Labute approximate surface area is 122 Å². The van der Waals surface area contributed by atoms with E-state index in [-0.39, 0.29) is 6.09 Å². The van der Waals surface area contributed by atoms with Gasteiger partial charge in [-0.2, -0.15) is 0 Å². The molecule has 0 radical (unpaired) electrons. The van der Waals surface area contributed by atoms with Crippen molar-refractivity contribution in [3.05, 3.63) is 0 Å². The van der Waals surface area contributed by atoms with Crippen molar-refractivity contribution in [3.63, 3.8) is 0 Å². The first kappa shape index (κ1) is 17.2. The third-order valence-electron chi connectivity index (χ3n) is 3.10. The van der Waals surface area contributed by atoms with Crippen molar-refractivity contribution >= 4 is 6.09 Å². The van der Waals surface area contributed by atoms with Crippen LogP contribution in [0.4, 0.5) is 4.79 Å². The Bertz CT molecular complexity index is 289. The highest BCUT2D eigenvalue weighted by molar-refractivity contribution is 5.67. The fourth-order valence-corrected chi connectivity index (χ4v) is 2.22. The van der Waals surface area contributed by atoms with Crippen LogP contribution in [0.5, 0.6) is 0 Å². The van der Waals surface area contributed by atoms with Crippen LogP contribution in [0.1, 0.15) is 53.4 Å². The van der Waals surface area contributed by atoms with Gasteiger partial charge in [-0.25, -0.2) is 4.79 Å². The van der Waals surface area contributed by atoms with E-state index in [0.717, 1.165) is 38.8 Å². The van der Waals surface area contributed by atoms with Gasteiger partial charge in [0.15, 0.2) is 0 Å². The van der Waals surface area contributed by atoms with E-state index in [0.29, 0.717) is 18.8 Å². The van der Waals surface area contributed by atoms with Crippen LogP contribution in [0, 0.1) is 0 Å². The van der Waals surface area contributed by atoms with Gasteiger partial charge in [-0.15, -0.1) is 0 Å². The number of nitrogens with one attached hydrogen (secondary N) is 2. The van der Waals surface area contributed by atoms with Gasteiger partial charge in [-0.3, -0.25) is 0 Å². The number of hydrogen-bond acceptors (Lipinski definition) is 4. The molecular weight excluding hydrogens is 256 g/mol. The highest BCUT2D eigenvalue weighted by Crippen LogP contribution is 2.11. The summed E-state index contributed by atoms with van der Waals surface area (Å²) in [7, 11) is 0. The molecule has 2 N–H and O–H groups in total. The zero-order valence-corrected chi connectivity index (χ0v) is 13.3. The van der Waals surface area contributed by atoms with Crippen molar-refractivity contribution in [2.75, 3.05) is 19.6 Å². The lowest BCUT2D eigenvalue weighted by atomic mass is 10.1. The number of carbonyl (C=O) groups excluding carboxylic acids is 1. The minimum Gasteiger partial charge on any atom is -0.444 e. The average molecular weight is 286 g/mol. The second-order valence-electron chi connectivity index (χ2n) is 6.50. The van der Waals surface area contributed by atoms with Crippen LogP contribution in [0.3, 0.4) is 0 Å². The Morgan fingerprint density at radius 3 is 2.70 bits per heavy atom. The van der Waals surface area contributed by atoms with Gasteiger partial charge in [0, 0.05) is 19.6 Å². The summed E-state index contributed by atoms with van der Waals surface area (Å²) in [6, 6.07) is 0. The maximum Gasteiger partial charge on any atom is 0.407 e. The molecule has 5 nitrogen and oxygen atoms in total. The van der Waals surface area contributed by atoms with Gasteiger partial charge in [-0.05, 0) is 40.5 Å². The average Bonchev–Trinajstić information content (AvgIpc) is 2.31. The quantitative estimate of drug-likeness (QED) is 0.736. The molecule has 0 bridgehead atoms. The lowest BCUT2D eigenvalue weighted by Gasteiger charge is -2.28. The second-order valence-corrected chi connectivity index (χ2v) is 6.50. The van der Waals surface area contributed by atoms with Crippen LogP contribution in [0.15, 0.2) is 0 Å². The first-order valence-electron chi connectivity index (χ1n) is 7.70. The number of rotatable bonds is 6. The molecule has 0 aromatic heterocycles. The number of ether oxygens (including phenoxy) is 2. The minimum absolute atomic E-state index is 0.322. The van der Waals surface area contributed by atoms with E-state index in [1.165, 1.54) is 0 Å². The van der Waals surface area contributed by atoms with E-state index < -0.39 is 5.60 Å². The molecule has 1 aliphatic heterocycles. The number of amides is 1. The van der Waals surface area contributed by atoms with Crippen molar-refractivity contribution in [3.8, 4) is 0 Å². The van der Waals surface area contributed by atoms with E-state index in [4.69, 9.17) is 9.47 Å². The minimum atomic E-state index is -0.425. The normalized spacial score (nSPS) is 23.4. The molecule has 0 saturated carbocycles. The third kappa shape index (κ3) is 8.38. The highest BCUT2D eigenvalue weighted by atomic mass is 16.6. The predicted octanol–water partition coefficient (Wildman–Crippen LogP) is 2.45. The van der Waals surface area contributed by atoms with E-state index >= 15 is 0 Å². The molecule has 0 spiro atoms. The van der Waals surface area contributed by atoms with E-state index in [1.807, 2.05) is 20.8 Å². The Balaban J connectivity index is 1.96.